The summed E-state index contributed by atoms with van der Waals surface area (Å²) >= 11 is 0. The number of aliphatic hydroxyl groups excluding tert-OH is 1. The molecule has 0 aliphatic heterocycles. The minimum absolute atomic E-state index is 0.0137. The lowest BCUT2D eigenvalue weighted by Gasteiger charge is -2.11. The van der Waals surface area contributed by atoms with Crippen molar-refractivity contribution in [1.82, 2.24) is 4.98 Å². The van der Waals surface area contributed by atoms with Crippen LogP contribution in [0.1, 0.15) is 11.1 Å². The number of carbonyl (C=O) groups is 1. The molecule has 2 rings (SSSR count). The second kappa shape index (κ2) is 10.4. The molecule has 1 amide bonds. The van der Waals surface area contributed by atoms with Crippen molar-refractivity contribution in [2.75, 3.05) is 43.6 Å². The fourth-order valence-electron chi connectivity index (χ4n) is 2.19. The number of ether oxygens (including phenoxy) is 2. The van der Waals surface area contributed by atoms with Crippen LogP contribution in [0.25, 0.3) is 0 Å². The molecule has 1 heterocycles. The van der Waals surface area contributed by atoms with Crippen LogP contribution in [0, 0.1) is 13.8 Å². The van der Waals surface area contributed by atoms with Gasteiger partial charge in [-0.15, -0.1) is 0 Å². The van der Waals surface area contributed by atoms with Crippen molar-refractivity contribution in [3.05, 3.63) is 47.7 Å². The predicted molar refractivity (Wildman–Crippen MR) is 101 cm³/mol. The molecular weight excluding hydrogens is 334 g/mol. The molecule has 0 aliphatic carbocycles. The molecule has 140 valence electrons. The molecular formula is C19H25N3O4. The Morgan fingerprint density at radius 2 is 2.04 bits per heavy atom. The molecule has 7 nitrogen and oxygen atoms in total. The van der Waals surface area contributed by atoms with Crippen LogP contribution in [0.3, 0.4) is 0 Å². The minimum Gasteiger partial charge on any atom is -0.483 e. The fraction of sp³-hybridized carbons (Fsp3) is 0.368. The SMILES string of the molecule is Cc1ccc(C)c(OCC(=O)Nc2ccc(NCCOCCO)nc2)c1. The molecule has 0 bridgehead atoms. The number of benzene rings is 1. The Labute approximate surface area is 153 Å². The second-order valence-electron chi connectivity index (χ2n) is 5.80. The first-order valence-electron chi connectivity index (χ1n) is 8.47. The second-order valence-corrected chi connectivity index (χ2v) is 5.80. The van der Waals surface area contributed by atoms with Gasteiger partial charge < -0.3 is 25.2 Å². The van der Waals surface area contributed by atoms with Gasteiger partial charge in [0.1, 0.15) is 11.6 Å². The van der Waals surface area contributed by atoms with Crippen LogP contribution >= 0.6 is 0 Å². The predicted octanol–water partition coefficient (Wildman–Crippen LogP) is 2.14. The maximum Gasteiger partial charge on any atom is 0.262 e. The molecule has 0 saturated carbocycles. The highest BCUT2D eigenvalue weighted by Crippen LogP contribution is 2.19. The summed E-state index contributed by atoms with van der Waals surface area (Å²) in [5, 5.41) is 14.5. The number of hydrogen-bond acceptors (Lipinski definition) is 6. The van der Waals surface area contributed by atoms with Crippen LogP contribution in [-0.4, -0.2) is 49.0 Å². The Morgan fingerprint density at radius 1 is 1.19 bits per heavy atom. The van der Waals surface area contributed by atoms with Crippen LogP contribution in [0.4, 0.5) is 11.5 Å². The Balaban J connectivity index is 1.75. The number of nitrogens with zero attached hydrogens (tertiary/aromatic N) is 1. The third-order valence-electron chi connectivity index (χ3n) is 3.54. The number of carbonyl (C=O) groups excluding carboxylic acids is 1. The Morgan fingerprint density at radius 3 is 2.77 bits per heavy atom. The summed E-state index contributed by atoms with van der Waals surface area (Å²) in [6.45, 7) is 5.26. The summed E-state index contributed by atoms with van der Waals surface area (Å²) in [4.78, 5) is 16.2. The highest BCUT2D eigenvalue weighted by molar-refractivity contribution is 5.91. The van der Waals surface area contributed by atoms with Crippen molar-refractivity contribution >= 4 is 17.4 Å². The molecule has 1 aromatic carbocycles. The Kier molecular flexibility index (Phi) is 7.85. The molecule has 2 aromatic rings. The van der Waals surface area contributed by atoms with Gasteiger partial charge in [0.15, 0.2) is 6.61 Å². The quantitative estimate of drug-likeness (QED) is 0.563. The zero-order valence-electron chi connectivity index (χ0n) is 15.1. The molecule has 0 spiro atoms. The first kappa shape index (κ1) is 19.7. The number of aliphatic hydroxyl groups is 1. The zero-order chi connectivity index (χ0) is 18.8. The topological polar surface area (TPSA) is 92.7 Å². The van der Waals surface area contributed by atoms with E-state index in [4.69, 9.17) is 14.6 Å². The number of aryl methyl sites for hydroxylation is 2. The van der Waals surface area contributed by atoms with Gasteiger partial charge in [-0.25, -0.2) is 4.98 Å². The summed E-state index contributed by atoms with van der Waals surface area (Å²) in [5.41, 5.74) is 2.67. The van der Waals surface area contributed by atoms with E-state index in [0.717, 1.165) is 11.1 Å². The molecule has 3 N–H and O–H groups in total. The monoisotopic (exact) mass is 359 g/mol. The molecule has 0 saturated heterocycles. The first-order chi connectivity index (χ1) is 12.6. The van der Waals surface area contributed by atoms with Crippen LogP contribution in [0.2, 0.25) is 0 Å². The summed E-state index contributed by atoms with van der Waals surface area (Å²) < 4.78 is 10.7. The first-order valence-corrected chi connectivity index (χ1v) is 8.47. The fourth-order valence-corrected chi connectivity index (χ4v) is 2.19. The van der Waals surface area contributed by atoms with Crippen molar-refractivity contribution in [3.8, 4) is 5.75 Å². The molecule has 1 aromatic heterocycles. The summed E-state index contributed by atoms with van der Waals surface area (Å²) in [6.07, 6.45) is 1.58. The smallest absolute Gasteiger partial charge is 0.262 e. The lowest BCUT2D eigenvalue weighted by molar-refractivity contribution is -0.118. The highest BCUT2D eigenvalue weighted by atomic mass is 16.5. The van der Waals surface area contributed by atoms with E-state index >= 15 is 0 Å². The van der Waals surface area contributed by atoms with E-state index in [2.05, 4.69) is 15.6 Å². The van der Waals surface area contributed by atoms with Crippen molar-refractivity contribution < 1.29 is 19.4 Å². The van der Waals surface area contributed by atoms with Crippen molar-refractivity contribution in [2.45, 2.75) is 13.8 Å². The van der Waals surface area contributed by atoms with Gasteiger partial charge in [0.05, 0.1) is 31.7 Å². The van der Waals surface area contributed by atoms with E-state index in [1.807, 2.05) is 32.0 Å². The van der Waals surface area contributed by atoms with Crippen LogP contribution in [0.15, 0.2) is 36.5 Å². The number of nitrogens with one attached hydrogen (secondary N) is 2. The van der Waals surface area contributed by atoms with Gasteiger partial charge in [0.25, 0.3) is 5.91 Å². The molecule has 26 heavy (non-hydrogen) atoms. The molecule has 7 heteroatoms. The van der Waals surface area contributed by atoms with Crippen LogP contribution in [-0.2, 0) is 9.53 Å². The number of aromatic nitrogens is 1. The van der Waals surface area contributed by atoms with Gasteiger partial charge in [-0.05, 0) is 43.2 Å². The average Bonchev–Trinajstić information content (AvgIpc) is 2.63. The van der Waals surface area contributed by atoms with E-state index < -0.39 is 0 Å². The maximum atomic E-state index is 12.0. The van der Waals surface area contributed by atoms with E-state index in [9.17, 15) is 4.79 Å². The molecule has 0 aliphatic rings. The van der Waals surface area contributed by atoms with E-state index in [0.29, 0.717) is 37.0 Å². The van der Waals surface area contributed by atoms with Gasteiger partial charge in [0.2, 0.25) is 0 Å². The number of hydrogen-bond donors (Lipinski definition) is 3. The van der Waals surface area contributed by atoms with Crippen molar-refractivity contribution in [1.29, 1.82) is 0 Å². The van der Waals surface area contributed by atoms with Crippen LogP contribution in [0.5, 0.6) is 5.75 Å². The maximum absolute atomic E-state index is 12.0. The molecule has 0 atom stereocenters. The zero-order valence-corrected chi connectivity index (χ0v) is 15.1. The third-order valence-corrected chi connectivity index (χ3v) is 3.54. The van der Waals surface area contributed by atoms with Gasteiger partial charge in [-0.3, -0.25) is 4.79 Å². The average molecular weight is 359 g/mol. The summed E-state index contributed by atoms with van der Waals surface area (Å²) in [7, 11) is 0. The van der Waals surface area contributed by atoms with Crippen molar-refractivity contribution in [3.63, 3.8) is 0 Å². The Hall–Kier alpha value is -2.64. The van der Waals surface area contributed by atoms with E-state index in [1.54, 1.807) is 18.3 Å². The van der Waals surface area contributed by atoms with Gasteiger partial charge in [-0.2, -0.15) is 0 Å². The van der Waals surface area contributed by atoms with Crippen LogP contribution < -0.4 is 15.4 Å². The normalized spacial score (nSPS) is 10.4. The van der Waals surface area contributed by atoms with Crippen molar-refractivity contribution in [2.24, 2.45) is 0 Å². The van der Waals surface area contributed by atoms with Gasteiger partial charge in [-0.1, -0.05) is 12.1 Å². The molecule has 0 fully saturated rings. The minimum atomic E-state index is -0.245. The number of pyridine rings is 1. The summed E-state index contributed by atoms with van der Waals surface area (Å²) in [6, 6.07) is 9.41. The van der Waals surface area contributed by atoms with E-state index in [1.165, 1.54) is 0 Å². The third kappa shape index (κ3) is 6.70. The molecule has 0 radical (unpaired) electrons. The summed E-state index contributed by atoms with van der Waals surface area (Å²) in [5.74, 6) is 1.15. The lowest BCUT2D eigenvalue weighted by atomic mass is 10.1. The number of rotatable bonds is 10. The highest BCUT2D eigenvalue weighted by Gasteiger charge is 2.06. The van der Waals surface area contributed by atoms with Gasteiger partial charge >= 0.3 is 0 Å². The number of anilines is 2. The Bertz CT molecular complexity index is 704. The van der Waals surface area contributed by atoms with Gasteiger partial charge in [0, 0.05) is 6.54 Å². The largest absolute Gasteiger partial charge is 0.483 e. The van der Waals surface area contributed by atoms with E-state index in [-0.39, 0.29) is 19.1 Å². The number of amides is 1. The standard InChI is InChI=1S/C19H25N3O4/c1-14-3-4-15(2)17(11-14)26-13-19(24)22-16-5-6-18(21-12-16)20-7-9-25-10-8-23/h3-6,11-12,23H,7-10,13H2,1-2H3,(H,20,21)(H,22,24). The lowest BCUT2D eigenvalue weighted by Crippen LogP contribution is -2.20. The molecule has 0 unspecified atom stereocenters.